The summed E-state index contributed by atoms with van der Waals surface area (Å²) < 4.78 is 6.64. The van der Waals surface area contributed by atoms with Gasteiger partial charge in [0.1, 0.15) is 5.75 Å². The highest BCUT2D eigenvalue weighted by atomic mass is 16.5. The normalized spacial score (nSPS) is 13.6. The summed E-state index contributed by atoms with van der Waals surface area (Å²) in [6, 6.07) is 40.5. The Morgan fingerprint density at radius 2 is 1.21 bits per heavy atom. The van der Waals surface area contributed by atoms with Gasteiger partial charge >= 0.3 is 0 Å². The third-order valence-corrected chi connectivity index (χ3v) is 6.70. The molecule has 160 valence electrons. The van der Waals surface area contributed by atoms with Crippen molar-refractivity contribution in [3.05, 3.63) is 126 Å². The van der Waals surface area contributed by atoms with Crippen LogP contribution in [0.5, 0.6) is 11.5 Å². The van der Waals surface area contributed by atoms with Crippen LogP contribution in [0.2, 0.25) is 0 Å². The van der Waals surface area contributed by atoms with Crippen LogP contribution < -0.4 is 9.64 Å². The molecule has 0 aliphatic carbocycles. The van der Waals surface area contributed by atoms with E-state index in [-0.39, 0.29) is 5.41 Å². The highest BCUT2D eigenvalue weighted by Gasteiger charge is 2.36. The van der Waals surface area contributed by atoms with Crippen LogP contribution in [0.4, 0.5) is 17.1 Å². The second-order valence-electron chi connectivity index (χ2n) is 9.05. The Labute approximate surface area is 194 Å². The first-order valence-corrected chi connectivity index (χ1v) is 11.4. The lowest BCUT2D eigenvalue weighted by atomic mass is 9.75. The molecule has 0 saturated heterocycles. The van der Waals surface area contributed by atoms with E-state index in [1.807, 2.05) is 6.07 Å². The van der Waals surface area contributed by atoms with Crippen LogP contribution in [0.15, 0.2) is 115 Å². The summed E-state index contributed by atoms with van der Waals surface area (Å²) in [5, 5.41) is 2.42. The zero-order chi connectivity index (χ0) is 22.4. The number of hydrogen-bond donors (Lipinski definition) is 0. The fourth-order valence-electron chi connectivity index (χ4n) is 5.02. The Hall–Kier alpha value is -4.04. The molecule has 0 N–H and O–H groups in total. The van der Waals surface area contributed by atoms with Crippen molar-refractivity contribution in [1.82, 2.24) is 0 Å². The number of rotatable bonds is 3. The van der Waals surface area contributed by atoms with E-state index in [2.05, 4.69) is 128 Å². The van der Waals surface area contributed by atoms with E-state index in [1.54, 1.807) is 0 Å². The molecule has 0 radical (unpaired) electrons. The molecule has 0 spiro atoms. The van der Waals surface area contributed by atoms with Gasteiger partial charge in [0.25, 0.3) is 0 Å². The predicted octanol–water partition coefficient (Wildman–Crippen LogP) is 8.74. The van der Waals surface area contributed by atoms with E-state index in [0.717, 1.165) is 28.6 Å². The van der Waals surface area contributed by atoms with Gasteiger partial charge in [0.15, 0.2) is 5.75 Å². The summed E-state index contributed by atoms with van der Waals surface area (Å²) in [5.74, 6) is 1.84. The lowest BCUT2D eigenvalue weighted by Gasteiger charge is -2.37. The number of ether oxygens (including phenoxy) is 1. The molecule has 0 saturated carbocycles. The van der Waals surface area contributed by atoms with Gasteiger partial charge in [-0.15, -0.1) is 0 Å². The molecule has 0 unspecified atom stereocenters. The van der Waals surface area contributed by atoms with Crippen molar-refractivity contribution in [1.29, 1.82) is 0 Å². The quantitative estimate of drug-likeness (QED) is 0.285. The maximum Gasteiger partial charge on any atom is 0.155 e. The lowest BCUT2D eigenvalue weighted by molar-refractivity contribution is 0.419. The molecule has 5 aromatic rings. The zero-order valence-electron chi connectivity index (χ0n) is 18.8. The molecule has 0 aromatic heterocycles. The molecule has 1 aliphatic heterocycles. The minimum Gasteiger partial charge on any atom is -0.455 e. The maximum atomic E-state index is 6.64. The van der Waals surface area contributed by atoms with E-state index >= 15 is 0 Å². The van der Waals surface area contributed by atoms with E-state index in [4.69, 9.17) is 4.74 Å². The van der Waals surface area contributed by atoms with E-state index in [1.165, 1.54) is 21.9 Å². The first-order chi connectivity index (χ1) is 16.1. The van der Waals surface area contributed by atoms with Crippen molar-refractivity contribution in [3.63, 3.8) is 0 Å². The standard InChI is InChI=1S/C31H25NO/c1-31(2)25-17-8-9-21-29(25)33-30-26(31)18-11-20-28(30)32(23-14-4-3-5-15-23)27-19-10-13-22-12-6-7-16-24(22)27/h3-21H,1-2H3. The summed E-state index contributed by atoms with van der Waals surface area (Å²) in [7, 11) is 0. The first-order valence-electron chi connectivity index (χ1n) is 11.4. The molecule has 0 amide bonds. The fraction of sp³-hybridized carbons (Fsp3) is 0.0968. The number of hydrogen-bond acceptors (Lipinski definition) is 2. The minimum absolute atomic E-state index is 0.165. The maximum absolute atomic E-state index is 6.64. The Morgan fingerprint density at radius 1 is 0.576 bits per heavy atom. The Morgan fingerprint density at radius 3 is 2.09 bits per heavy atom. The Kier molecular flexibility index (Phi) is 4.48. The average molecular weight is 428 g/mol. The van der Waals surface area contributed by atoms with Crippen LogP contribution in [0.25, 0.3) is 10.8 Å². The van der Waals surface area contributed by atoms with Crippen LogP contribution in [0.1, 0.15) is 25.0 Å². The van der Waals surface area contributed by atoms with Crippen molar-refractivity contribution in [2.45, 2.75) is 19.3 Å². The van der Waals surface area contributed by atoms with Gasteiger partial charge in [-0.25, -0.2) is 0 Å². The molecule has 1 aliphatic rings. The SMILES string of the molecule is CC1(C)c2ccccc2Oc2c(N(c3ccccc3)c3cccc4ccccc34)cccc21. The van der Waals surface area contributed by atoms with Crippen molar-refractivity contribution >= 4 is 27.8 Å². The van der Waals surface area contributed by atoms with Crippen molar-refractivity contribution in [2.75, 3.05) is 4.90 Å². The monoisotopic (exact) mass is 427 g/mol. The highest BCUT2D eigenvalue weighted by Crippen LogP contribution is 2.53. The van der Waals surface area contributed by atoms with Crippen LogP contribution in [0, 0.1) is 0 Å². The lowest BCUT2D eigenvalue weighted by Crippen LogP contribution is -2.25. The van der Waals surface area contributed by atoms with Crippen molar-refractivity contribution in [3.8, 4) is 11.5 Å². The second-order valence-corrected chi connectivity index (χ2v) is 9.05. The van der Waals surface area contributed by atoms with Crippen LogP contribution in [-0.2, 0) is 5.41 Å². The number of para-hydroxylation sites is 3. The molecule has 2 nitrogen and oxygen atoms in total. The van der Waals surface area contributed by atoms with Gasteiger partial charge in [0, 0.05) is 27.6 Å². The van der Waals surface area contributed by atoms with Gasteiger partial charge in [0.2, 0.25) is 0 Å². The summed E-state index contributed by atoms with van der Waals surface area (Å²) in [5.41, 5.74) is 5.51. The largest absolute Gasteiger partial charge is 0.455 e. The third kappa shape index (κ3) is 3.10. The molecule has 0 fully saturated rings. The first kappa shape index (κ1) is 19.6. The van der Waals surface area contributed by atoms with Gasteiger partial charge in [-0.05, 0) is 35.7 Å². The van der Waals surface area contributed by atoms with Gasteiger partial charge in [-0.3, -0.25) is 0 Å². The molecule has 33 heavy (non-hydrogen) atoms. The van der Waals surface area contributed by atoms with Gasteiger partial charge in [-0.2, -0.15) is 0 Å². The Balaban J connectivity index is 1.64. The van der Waals surface area contributed by atoms with Gasteiger partial charge < -0.3 is 9.64 Å². The summed E-state index contributed by atoms with van der Waals surface area (Å²) in [6.45, 7) is 4.56. The van der Waals surface area contributed by atoms with Crippen LogP contribution >= 0.6 is 0 Å². The predicted molar refractivity (Wildman–Crippen MR) is 137 cm³/mol. The second kappa shape index (κ2) is 7.53. The van der Waals surface area contributed by atoms with Crippen LogP contribution in [-0.4, -0.2) is 0 Å². The van der Waals surface area contributed by atoms with E-state index in [0.29, 0.717) is 0 Å². The molecule has 1 heterocycles. The molecule has 2 heteroatoms. The van der Waals surface area contributed by atoms with Crippen LogP contribution in [0.3, 0.4) is 0 Å². The zero-order valence-corrected chi connectivity index (χ0v) is 18.8. The molecular weight excluding hydrogens is 402 g/mol. The van der Waals surface area contributed by atoms with Crippen molar-refractivity contribution in [2.24, 2.45) is 0 Å². The minimum atomic E-state index is -0.165. The topological polar surface area (TPSA) is 12.5 Å². The van der Waals surface area contributed by atoms with E-state index < -0.39 is 0 Å². The number of anilines is 3. The fourth-order valence-corrected chi connectivity index (χ4v) is 5.02. The number of fused-ring (bicyclic) bond motifs is 3. The van der Waals surface area contributed by atoms with E-state index in [9.17, 15) is 0 Å². The molecular formula is C31H25NO. The number of benzene rings is 5. The van der Waals surface area contributed by atoms with Crippen molar-refractivity contribution < 1.29 is 4.74 Å². The molecule has 6 rings (SSSR count). The summed E-state index contributed by atoms with van der Waals surface area (Å²) >= 11 is 0. The third-order valence-electron chi connectivity index (χ3n) is 6.70. The molecule has 0 bridgehead atoms. The number of nitrogens with zero attached hydrogens (tertiary/aromatic N) is 1. The molecule has 0 atom stereocenters. The van der Waals surface area contributed by atoms with Gasteiger partial charge in [-0.1, -0.05) is 98.8 Å². The highest BCUT2D eigenvalue weighted by molar-refractivity contribution is 5.99. The molecule has 5 aromatic carbocycles. The summed E-state index contributed by atoms with van der Waals surface area (Å²) in [4.78, 5) is 2.32. The smallest absolute Gasteiger partial charge is 0.155 e. The van der Waals surface area contributed by atoms with Gasteiger partial charge in [0.05, 0.1) is 11.4 Å². The Bertz CT molecular complexity index is 1460. The average Bonchev–Trinajstić information content (AvgIpc) is 2.86. The summed E-state index contributed by atoms with van der Waals surface area (Å²) in [6.07, 6.45) is 0.